The number of hydrogen-bond acceptors (Lipinski definition) is 6. The third-order valence-corrected chi connectivity index (χ3v) is 3.31. The van der Waals surface area contributed by atoms with Gasteiger partial charge in [-0.1, -0.05) is 18.2 Å². The summed E-state index contributed by atoms with van der Waals surface area (Å²) in [5, 5.41) is 7.32. The molecule has 1 aromatic heterocycles. The monoisotopic (exact) mass is 333 g/mol. The number of aryl methyl sites for hydroxylation is 1. The predicted molar refractivity (Wildman–Crippen MR) is 86.7 cm³/mol. The van der Waals surface area contributed by atoms with E-state index >= 15 is 0 Å². The Morgan fingerprint density at radius 1 is 1.29 bits per heavy atom. The summed E-state index contributed by atoms with van der Waals surface area (Å²) < 4.78 is 11.0. The SMILES string of the molecule is COCC(C)NC(=O)COC(=O)c1nn(C)c(=O)c2ccccc12. The molecule has 2 rings (SSSR count). The topological polar surface area (TPSA) is 99.5 Å². The van der Waals surface area contributed by atoms with E-state index in [0.717, 1.165) is 4.68 Å². The van der Waals surface area contributed by atoms with Crippen LogP contribution in [0.25, 0.3) is 10.8 Å². The first-order valence-electron chi connectivity index (χ1n) is 7.35. The molecule has 1 unspecified atom stereocenters. The van der Waals surface area contributed by atoms with E-state index in [1.165, 1.54) is 14.2 Å². The number of hydrogen-bond donors (Lipinski definition) is 1. The lowest BCUT2D eigenvalue weighted by molar-refractivity contribution is -0.125. The van der Waals surface area contributed by atoms with Crippen molar-refractivity contribution in [1.82, 2.24) is 15.1 Å². The lowest BCUT2D eigenvalue weighted by Gasteiger charge is -2.13. The molecular weight excluding hydrogens is 314 g/mol. The van der Waals surface area contributed by atoms with E-state index in [1.807, 2.05) is 0 Å². The molecule has 0 aliphatic rings. The molecule has 128 valence electrons. The predicted octanol–water partition coefficient (Wildman–Crippen LogP) is 0.241. The molecule has 0 aliphatic carbocycles. The number of aromatic nitrogens is 2. The minimum Gasteiger partial charge on any atom is -0.451 e. The Morgan fingerprint density at radius 3 is 2.62 bits per heavy atom. The minimum atomic E-state index is -0.767. The van der Waals surface area contributed by atoms with Gasteiger partial charge in [0.05, 0.1) is 12.0 Å². The highest BCUT2D eigenvalue weighted by atomic mass is 16.5. The number of methoxy groups -OCH3 is 1. The fourth-order valence-corrected chi connectivity index (χ4v) is 2.26. The summed E-state index contributed by atoms with van der Waals surface area (Å²) in [6.45, 7) is 1.68. The first kappa shape index (κ1) is 17.6. The molecule has 0 saturated heterocycles. The number of ether oxygens (including phenoxy) is 2. The molecule has 0 fully saturated rings. The van der Waals surface area contributed by atoms with E-state index in [0.29, 0.717) is 17.4 Å². The second kappa shape index (κ2) is 7.69. The molecule has 1 aromatic carbocycles. The van der Waals surface area contributed by atoms with Crippen molar-refractivity contribution in [3.05, 3.63) is 40.3 Å². The largest absolute Gasteiger partial charge is 0.451 e. The second-order valence-corrected chi connectivity index (χ2v) is 5.32. The fraction of sp³-hybridized carbons (Fsp3) is 0.375. The standard InChI is InChI=1S/C16H19N3O5/c1-10(8-23-3)17-13(20)9-24-16(22)14-11-6-4-5-7-12(11)15(21)19(2)18-14/h4-7,10H,8-9H2,1-3H3,(H,17,20). The average Bonchev–Trinajstić information content (AvgIpc) is 2.56. The Labute approximate surface area is 138 Å². The molecule has 1 atom stereocenters. The molecule has 8 nitrogen and oxygen atoms in total. The lowest BCUT2D eigenvalue weighted by Crippen LogP contribution is -2.38. The van der Waals surface area contributed by atoms with E-state index < -0.39 is 18.5 Å². The van der Waals surface area contributed by atoms with Crippen molar-refractivity contribution in [3.63, 3.8) is 0 Å². The molecule has 0 bridgehead atoms. The Balaban J connectivity index is 2.14. The zero-order valence-electron chi connectivity index (χ0n) is 13.7. The quantitative estimate of drug-likeness (QED) is 0.760. The summed E-state index contributed by atoms with van der Waals surface area (Å²) in [4.78, 5) is 36.0. The maximum atomic E-state index is 12.2. The number of nitrogens with one attached hydrogen (secondary N) is 1. The van der Waals surface area contributed by atoms with Crippen LogP contribution in [-0.4, -0.2) is 48.0 Å². The molecule has 0 spiro atoms. The molecule has 1 heterocycles. The maximum absolute atomic E-state index is 12.2. The molecule has 1 N–H and O–H groups in total. The summed E-state index contributed by atoms with van der Waals surface area (Å²) >= 11 is 0. The Bertz CT molecular complexity index is 815. The van der Waals surface area contributed by atoms with Gasteiger partial charge in [-0.2, -0.15) is 5.10 Å². The molecule has 2 aromatic rings. The normalized spacial score (nSPS) is 12.0. The van der Waals surface area contributed by atoms with E-state index in [1.54, 1.807) is 31.2 Å². The van der Waals surface area contributed by atoms with E-state index in [4.69, 9.17) is 9.47 Å². The summed E-state index contributed by atoms with van der Waals surface area (Å²) in [5.41, 5.74) is -0.321. The summed E-state index contributed by atoms with van der Waals surface area (Å²) in [6.07, 6.45) is 0. The van der Waals surface area contributed by atoms with Gasteiger partial charge in [0.1, 0.15) is 0 Å². The van der Waals surface area contributed by atoms with Crippen LogP contribution in [0, 0.1) is 0 Å². The van der Waals surface area contributed by atoms with Gasteiger partial charge >= 0.3 is 5.97 Å². The molecule has 0 radical (unpaired) electrons. The molecule has 24 heavy (non-hydrogen) atoms. The van der Waals surface area contributed by atoms with Crippen LogP contribution in [0.3, 0.4) is 0 Å². The van der Waals surface area contributed by atoms with Crippen molar-refractivity contribution in [1.29, 1.82) is 0 Å². The number of rotatable bonds is 6. The zero-order chi connectivity index (χ0) is 17.7. The van der Waals surface area contributed by atoms with Crippen molar-refractivity contribution in [3.8, 4) is 0 Å². The zero-order valence-corrected chi connectivity index (χ0v) is 13.7. The third kappa shape index (κ3) is 3.96. The molecule has 0 saturated carbocycles. The van der Waals surface area contributed by atoms with Crippen LogP contribution in [0.2, 0.25) is 0 Å². The molecule has 8 heteroatoms. The van der Waals surface area contributed by atoms with Gasteiger partial charge in [-0.25, -0.2) is 9.48 Å². The van der Waals surface area contributed by atoms with Gasteiger partial charge in [0.2, 0.25) is 0 Å². The van der Waals surface area contributed by atoms with Gasteiger partial charge in [0.15, 0.2) is 12.3 Å². The summed E-state index contributed by atoms with van der Waals surface area (Å²) in [6, 6.07) is 6.41. The van der Waals surface area contributed by atoms with Crippen LogP contribution in [-0.2, 0) is 21.3 Å². The van der Waals surface area contributed by atoms with E-state index in [-0.39, 0.29) is 17.3 Å². The van der Waals surface area contributed by atoms with Crippen LogP contribution in [0.1, 0.15) is 17.4 Å². The van der Waals surface area contributed by atoms with Crippen LogP contribution in [0.4, 0.5) is 0 Å². The Hall–Kier alpha value is -2.74. The number of carbonyl (C=O) groups excluding carboxylic acids is 2. The number of esters is 1. The number of nitrogens with zero attached hydrogens (tertiary/aromatic N) is 2. The van der Waals surface area contributed by atoms with Crippen molar-refractivity contribution in [2.24, 2.45) is 7.05 Å². The fourth-order valence-electron chi connectivity index (χ4n) is 2.26. The molecule has 0 aliphatic heterocycles. The number of carbonyl (C=O) groups is 2. The van der Waals surface area contributed by atoms with Crippen LogP contribution >= 0.6 is 0 Å². The molecule has 1 amide bonds. The van der Waals surface area contributed by atoms with Gasteiger partial charge < -0.3 is 14.8 Å². The van der Waals surface area contributed by atoms with Gasteiger partial charge in [-0.05, 0) is 13.0 Å². The van der Waals surface area contributed by atoms with Gasteiger partial charge in [-0.15, -0.1) is 0 Å². The number of benzene rings is 1. The first-order chi connectivity index (χ1) is 11.4. The van der Waals surface area contributed by atoms with Gasteiger partial charge in [0.25, 0.3) is 11.5 Å². The van der Waals surface area contributed by atoms with Crippen LogP contribution in [0.5, 0.6) is 0 Å². The van der Waals surface area contributed by atoms with E-state index in [9.17, 15) is 14.4 Å². The van der Waals surface area contributed by atoms with Crippen molar-refractivity contribution >= 4 is 22.6 Å². The highest BCUT2D eigenvalue weighted by Gasteiger charge is 2.18. The number of amides is 1. The molecular formula is C16H19N3O5. The van der Waals surface area contributed by atoms with Gasteiger partial charge in [-0.3, -0.25) is 9.59 Å². The van der Waals surface area contributed by atoms with Crippen molar-refractivity contribution in [2.45, 2.75) is 13.0 Å². The summed E-state index contributed by atoms with van der Waals surface area (Å²) in [7, 11) is 2.98. The van der Waals surface area contributed by atoms with Crippen LogP contribution < -0.4 is 10.9 Å². The van der Waals surface area contributed by atoms with Crippen molar-refractivity contribution in [2.75, 3.05) is 20.3 Å². The Morgan fingerprint density at radius 2 is 1.96 bits per heavy atom. The summed E-state index contributed by atoms with van der Waals surface area (Å²) in [5.74, 6) is -1.21. The van der Waals surface area contributed by atoms with Gasteiger partial charge in [0, 0.05) is 25.6 Å². The van der Waals surface area contributed by atoms with Crippen molar-refractivity contribution < 1.29 is 19.1 Å². The smallest absolute Gasteiger partial charge is 0.359 e. The lowest BCUT2D eigenvalue weighted by atomic mass is 10.1. The second-order valence-electron chi connectivity index (χ2n) is 5.32. The average molecular weight is 333 g/mol. The number of fused-ring (bicyclic) bond motifs is 1. The Kier molecular flexibility index (Phi) is 5.64. The maximum Gasteiger partial charge on any atom is 0.359 e. The van der Waals surface area contributed by atoms with Crippen LogP contribution in [0.15, 0.2) is 29.1 Å². The third-order valence-electron chi connectivity index (χ3n) is 3.31. The highest BCUT2D eigenvalue weighted by Crippen LogP contribution is 2.13. The highest BCUT2D eigenvalue weighted by molar-refractivity contribution is 6.02. The minimum absolute atomic E-state index is 0.00885. The van der Waals surface area contributed by atoms with E-state index in [2.05, 4.69) is 10.4 Å². The first-order valence-corrected chi connectivity index (χ1v) is 7.35.